The number of aromatic hydroxyl groups is 1. The second-order valence-electron chi connectivity index (χ2n) is 16.1. The highest BCUT2D eigenvalue weighted by Crippen LogP contribution is 2.67. The van der Waals surface area contributed by atoms with E-state index in [9.17, 15) is 9.90 Å². The number of benzene rings is 2. The number of phenols is 1. The molecule has 6 rings (SSSR count). The molecule has 3 saturated carbocycles. The Morgan fingerprint density at radius 1 is 0.933 bits per heavy atom. The third-order valence-corrected chi connectivity index (χ3v) is 13.0. The summed E-state index contributed by atoms with van der Waals surface area (Å²) < 4.78 is 6.56. The summed E-state index contributed by atoms with van der Waals surface area (Å²) in [5.74, 6) is 6.21. The lowest BCUT2D eigenvalue weighted by Gasteiger charge is -2.58. The van der Waals surface area contributed by atoms with Gasteiger partial charge < -0.3 is 9.84 Å². The molecule has 8 atom stereocenters. The van der Waals surface area contributed by atoms with Crippen molar-refractivity contribution in [2.75, 3.05) is 0 Å². The van der Waals surface area contributed by atoms with E-state index in [4.69, 9.17) is 4.74 Å². The SMILES string of the molecule is CC(C)CCCC(C)[C@H]1CCC2C3CC=C4CC(Oc5ccc(C=CC(=O)c6ccc(O)cc6)cc5)CC[C@]4(C)C3CC[C@@]21C. The lowest BCUT2D eigenvalue weighted by Crippen LogP contribution is -2.51. The molecule has 0 radical (unpaired) electrons. The van der Waals surface area contributed by atoms with Gasteiger partial charge in [-0.3, -0.25) is 4.79 Å². The standard InChI is InChI=1S/C42H56O3/c1-28(2)7-6-8-29(3)37-20-21-38-36-19-14-32-27-35(23-25-41(32,4)39(36)24-26-42(37,38)5)45-34-17-9-30(10-18-34)11-22-40(44)31-12-15-33(43)16-13-31/h9-18,22,28-29,35-39,43H,6-8,19-21,23-27H2,1-5H3/t29?,35?,36?,37-,38?,39?,41+,42-/m1/s1. The highest BCUT2D eigenvalue weighted by Gasteiger charge is 2.59. The number of hydrogen-bond donors (Lipinski definition) is 1. The Bertz CT molecular complexity index is 1380. The van der Waals surface area contributed by atoms with Gasteiger partial charge in [-0.2, -0.15) is 0 Å². The van der Waals surface area contributed by atoms with E-state index in [1.54, 1.807) is 23.8 Å². The monoisotopic (exact) mass is 608 g/mol. The molecule has 3 heteroatoms. The lowest BCUT2D eigenvalue weighted by molar-refractivity contribution is -0.0559. The Balaban J connectivity index is 1.06. The summed E-state index contributed by atoms with van der Waals surface area (Å²) >= 11 is 0. The van der Waals surface area contributed by atoms with Crippen LogP contribution in [0.1, 0.15) is 121 Å². The number of phenolic OH excluding ortho intramolecular Hbond substituents is 1. The van der Waals surface area contributed by atoms with Gasteiger partial charge in [0.25, 0.3) is 0 Å². The van der Waals surface area contributed by atoms with Crippen LogP contribution < -0.4 is 4.74 Å². The average Bonchev–Trinajstić information content (AvgIpc) is 3.38. The van der Waals surface area contributed by atoms with E-state index >= 15 is 0 Å². The second-order valence-corrected chi connectivity index (χ2v) is 16.1. The summed E-state index contributed by atoms with van der Waals surface area (Å²) in [7, 11) is 0. The van der Waals surface area contributed by atoms with Crippen LogP contribution in [0.25, 0.3) is 6.08 Å². The molecule has 3 fully saturated rings. The number of carbonyl (C=O) groups is 1. The van der Waals surface area contributed by atoms with E-state index in [1.165, 1.54) is 69.9 Å². The van der Waals surface area contributed by atoms with Crippen molar-refractivity contribution >= 4 is 11.9 Å². The zero-order valence-electron chi connectivity index (χ0n) is 28.4. The van der Waals surface area contributed by atoms with Crippen molar-refractivity contribution in [1.29, 1.82) is 0 Å². The van der Waals surface area contributed by atoms with Crippen molar-refractivity contribution in [3.8, 4) is 11.5 Å². The molecule has 1 N–H and O–H groups in total. The fourth-order valence-corrected chi connectivity index (χ4v) is 10.5. The number of allylic oxidation sites excluding steroid dienone is 2. The first-order chi connectivity index (χ1) is 21.6. The van der Waals surface area contributed by atoms with Gasteiger partial charge in [-0.05, 0) is 139 Å². The van der Waals surface area contributed by atoms with Crippen LogP contribution in [0, 0.1) is 46.3 Å². The predicted molar refractivity (Wildman–Crippen MR) is 185 cm³/mol. The molecule has 0 heterocycles. The molecule has 4 aliphatic carbocycles. The van der Waals surface area contributed by atoms with E-state index in [-0.39, 0.29) is 17.6 Å². The van der Waals surface area contributed by atoms with Crippen molar-refractivity contribution in [3.05, 3.63) is 77.4 Å². The Labute approximate surface area is 272 Å². The summed E-state index contributed by atoms with van der Waals surface area (Å²) in [5, 5.41) is 9.45. The number of ketones is 1. The number of carbonyl (C=O) groups excluding carboxylic acids is 1. The minimum atomic E-state index is -0.0782. The van der Waals surface area contributed by atoms with Crippen LogP contribution in [0.5, 0.6) is 11.5 Å². The summed E-state index contributed by atoms with van der Waals surface area (Å²) in [6.45, 7) is 12.6. The fraction of sp³-hybridized carbons (Fsp3) is 0.595. The molecule has 0 aliphatic heterocycles. The topological polar surface area (TPSA) is 46.5 Å². The third-order valence-electron chi connectivity index (χ3n) is 13.0. The maximum absolute atomic E-state index is 12.5. The average molecular weight is 609 g/mol. The molecule has 4 aliphatic rings. The Hall–Kier alpha value is -2.81. The highest BCUT2D eigenvalue weighted by molar-refractivity contribution is 6.06. The van der Waals surface area contributed by atoms with Gasteiger partial charge in [-0.1, -0.05) is 83.7 Å². The molecule has 0 aromatic heterocycles. The van der Waals surface area contributed by atoms with Gasteiger partial charge in [-0.25, -0.2) is 0 Å². The lowest BCUT2D eigenvalue weighted by atomic mass is 9.47. The van der Waals surface area contributed by atoms with Gasteiger partial charge in [0.05, 0.1) is 0 Å². The molecule has 45 heavy (non-hydrogen) atoms. The van der Waals surface area contributed by atoms with Gasteiger partial charge in [0.15, 0.2) is 5.78 Å². The van der Waals surface area contributed by atoms with E-state index < -0.39 is 0 Å². The van der Waals surface area contributed by atoms with Gasteiger partial charge in [-0.15, -0.1) is 0 Å². The van der Waals surface area contributed by atoms with Crippen LogP contribution in [0.15, 0.2) is 66.3 Å². The quantitative estimate of drug-likeness (QED) is 0.166. The molecule has 2 aromatic rings. The first-order valence-corrected chi connectivity index (χ1v) is 18.0. The Kier molecular flexibility index (Phi) is 9.38. The molecule has 2 aromatic carbocycles. The zero-order chi connectivity index (χ0) is 31.8. The maximum Gasteiger partial charge on any atom is 0.185 e. The normalized spacial score (nSPS) is 33.3. The van der Waals surface area contributed by atoms with Gasteiger partial charge in [0.1, 0.15) is 17.6 Å². The fourth-order valence-electron chi connectivity index (χ4n) is 10.5. The molecule has 3 nitrogen and oxygen atoms in total. The summed E-state index contributed by atoms with van der Waals surface area (Å²) in [6, 6.07) is 14.5. The molecule has 0 saturated heterocycles. The molecule has 242 valence electrons. The summed E-state index contributed by atoms with van der Waals surface area (Å²) in [5.41, 5.74) is 4.08. The maximum atomic E-state index is 12.5. The zero-order valence-corrected chi connectivity index (χ0v) is 28.4. The largest absolute Gasteiger partial charge is 0.508 e. The number of hydrogen-bond acceptors (Lipinski definition) is 3. The summed E-state index contributed by atoms with van der Waals surface area (Å²) in [4.78, 5) is 12.5. The molecular weight excluding hydrogens is 552 g/mol. The second kappa shape index (κ2) is 13.1. The van der Waals surface area contributed by atoms with Crippen LogP contribution in [-0.4, -0.2) is 17.0 Å². The minimum Gasteiger partial charge on any atom is -0.508 e. The molecule has 5 unspecified atom stereocenters. The van der Waals surface area contributed by atoms with E-state index in [1.807, 2.05) is 30.3 Å². The van der Waals surface area contributed by atoms with Crippen LogP contribution in [0.2, 0.25) is 0 Å². The number of fused-ring (bicyclic) bond motifs is 5. The van der Waals surface area contributed by atoms with Crippen LogP contribution in [0.3, 0.4) is 0 Å². The molecular formula is C42H56O3. The van der Waals surface area contributed by atoms with Crippen molar-refractivity contribution < 1.29 is 14.6 Å². The first kappa shape index (κ1) is 32.1. The van der Waals surface area contributed by atoms with E-state index in [0.717, 1.165) is 59.7 Å². The summed E-state index contributed by atoms with van der Waals surface area (Å²) in [6.07, 6.45) is 21.0. The van der Waals surface area contributed by atoms with Gasteiger partial charge in [0.2, 0.25) is 0 Å². The minimum absolute atomic E-state index is 0.0782. The Morgan fingerprint density at radius 3 is 2.42 bits per heavy atom. The number of rotatable bonds is 10. The third kappa shape index (κ3) is 6.56. The van der Waals surface area contributed by atoms with Crippen LogP contribution >= 0.6 is 0 Å². The molecule has 0 spiro atoms. The van der Waals surface area contributed by atoms with E-state index in [2.05, 4.69) is 40.7 Å². The molecule has 0 bridgehead atoms. The smallest absolute Gasteiger partial charge is 0.185 e. The number of ether oxygens (including phenoxy) is 1. The van der Waals surface area contributed by atoms with Crippen molar-refractivity contribution in [1.82, 2.24) is 0 Å². The van der Waals surface area contributed by atoms with Crippen molar-refractivity contribution in [2.24, 2.45) is 46.3 Å². The molecule has 0 amide bonds. The van der Waals surface area contributed by atoms with Gasteiger partial charge >= 0.3 is 0 Å². The Morgan fingerprint density at radius 2 is 1.69 bits per heavy atom. The first-order valence-electron chi connectivity index (χ1n) is 18.0. The van der Waals surface area contributed by atoms with Crippen molar-refractivity contribution in [2.45, 2.75) is 111 Å². The van der Waals surface area contributed by atoms with Gasteiger partial charge in [0, 0.05) is 12.0 Å². The predicted octanol–water partition coefficient (Wildman–Crippen LogP) is 11.1. The highest BCUT2D eigenvalue weighted by atomic mass is 16.5. The van der Waals surface area contributed by atoms with Crippen LogP contribution in [-0.2, 0) is 0 Å². The van der Waals surface area contributed by atoms with E-state index in [0.29, 0.717) is 16.4 Å². The van der Waals surface area contributed by atoms with Crippen LogP contribution in [0.4, 0.5) is 0 Å². The van der Waals surface area contributed by atoms with Crippen molar-refractivity contribution in [3.63, 3.8) is 0 Å².